The molecule has 1 heterocycles. The van der Waals surface area contributed by atoms with Crippen molar-refractivity contribution in [1.82, 2.24) is 4.98 Å². The molecule has 1 aliphatic rings. The van der Waals surface area contributed by atoms with Crippen LogP contribution in [0.15, 0.2) is 18.5 Å². The summed E-state index contributed by atoms with van der Waals surface area (Å²) in [5.41, 5.74) is 12.5. The number of carbonyl (C=O) groups is 1. The van der Waals surface area contributed by atoms with Crippen molar-refractivity contribution in [1.29, 1.82) is 0 Å². The van der Waals surface area contributed by atoms with Gasteiger partial charge in [0, 0.05) is 12.1 Å². The molecular formula is C13H20N4O. The quantitative estimate of drug-likeness (QED) is 0.753. The maximum atomic E-state index is 12.1. The van der Waals surface area contributed by atoms with Crippen LogP contribution in [0.3, 0.4) is 0 Å². The molecule has 0 aromatic carbocycles. The normalized spacial score (nSPS) is 23.6. The van der Waals surface area contributed by atoms with Gasteiger partial charge in [0.05, 0.1) is 17.6 Å². The number of hydrogen-bond donors (Lipinski definition) is 3. The predicted molar refractivity (Wildman–Crippen MR) is 71.8 cm³/mol. The van der Waals surface area contributed by atoms with Crippen LogP contribution in [0, 0.1) is 11.8 Å². The van der Waals surface area contributed by atoms with Crippen LogP contribution in [0.25, 0.3) is 0 Å². The van der Waals surface area contributed by atoms with Gasteiger partial charge >= 0.3 is 0 Å². The highest BCUT2D eigenvalue weighted by Crippen LogP contribution is 2.29. The molecule has 0 saturated heterocycles. The number of rotatable bonds is 3. The molecule has 1 amide bonds. The zero-order valence-electron chi connectivity index (χ0n) is 10.4. The Morgan fingerprint density at radius 1 is 1.39 bits per heavy atom. The second kappa shape index (κ2) is 5.82. The summed E-state index contributed by atoms with van der Waals surface area (Å²) in [5.74, 6) is 0.726. The van der Waals surface area contributed by atoms with Crippen LogP contribution in [0.1, 0.15) is 25.7 Å². The maximum absolute atomic E-state index is 12.1. The van der Waals surface area contributed by atoms with E-state index in [1.807, 2.05) is 0 Å². The highest BCUT2D eigenvalue weighted by Gasteiger charge is 2.25. The van der Waals surface area contributed by atoms with Crippen molar-refractivity contribution in [2.24, 2.45) is 17.6 Å². The molecule has 0 aliphatic heterocycles. The molecule has 0 bridgehead atoms. The number of nitrogen functional groups attached to an aromatic ring is 1. The Kier molecular flexibility index (Phi) is 4.15. The van der Waals surface area contributed by atoms with Gasteiger partial charge in [-0.1, -0.05) is 0 Å². The average molecular weight is 248 g/mol. The second-order valence-corrected chi connectivity index (χ2v) is 4.91. The summed E-state index contributed by atoms with van der Waals surface area (Å²) in [4.78, 5) is 16.0. The molecule has 0 unspecified atom stereocenters. The van der Waals surface area contributed by atoms with Crippen molar-refractivity contribution in [3.05, 3.63) is 18.5 Å². The molecule has 1 aromatic heterocycles. The summed E-state index contributed by atoms with van der Waals surface area (Å²) in [6.07, 6.45) is 7.08. The predicted octanol–water partition coefficient (Wildman–Crippen LogP) is 1.37. The first-order valence-corrected chi connectivity index (χ1v) is 6.41. The van der Waals surface area contributed by atoms with Crippen molar-refractivity contribution in [3.8, 4) is 0 Å². The topological polar surface area (TPSA) is 94.0 Å². The molecule has 5 heteroatoms. The van der Waals surface area contributed by atoms with E-state index in [1.54, 1.807) is 18.5 Å². The Balaban J connectivity index is 1.91. The van der Waals surface area contributed by atoms with Gasteiger partial charge in [0.15, 0.2) is 0 Å². The number of hydrogen-bond acceptors (Lipinski definition) is 4. The van der Waals surface area contributed by atoms with E-state index in [0.717, 1.165) is 32.2 Å². The Bertz CT molecular complexity index is 413. The summed E-state index contributed by atoms with van der Waals surface area (Å²) in [7, 11) is 0. The van der Waals surface area contributed by atoms with Crippen LogP contribution in [-0.2, 0) is 4.79 Å². The summed E-state index contributed by atoms with van der Waals surface area (Å²) in [6, 6.07) is 1.72. The first-order valence-electron chi connectivity index (χ1n) is 6.41. The van der Waals surface area contributed by atoms with Crippen molar-refractivity contribution >= 4 is 17.3 Å². The summed E-state index contributed by atoms with van der Waals surface area (Å²) >= 11 is 0. The van der Waals surface area contributed by atoms with Gasteiger partial charge < -0.3 is 16.8 Å². The van der Waals surface area contributed by atoms with Gasteiger partial charge in [-0.3, -0.25) is 9.78 Å². The molecule has 0 spiro atoms. The van der Waals surface area contributed by atoms with Crippen LogP contribution in [0.2, 0.25) is 0 Å². The standard InChI is InChI=1S/C13H20N4O/c14-7-9-1-3-10(4-2-9)13(18)17-12-5-6-16-8-11(12)15/h5-6,8-10H,1-4,7,14-15H2,(H,16,17,18). The lowest BCUT2D eigenvalue weighted by molar-refractivity contribution is -0.121. The van der Waals surface area contributed by atoms with E-state index in [0.29, 0.717) is 17.3 Å². The number of anilines is 2. The van der Waals surface area contributed by atoms with Crippen molar-refractivity contribution < 1.29 is 4.79 Å². The van der Waals surface area contributed by atoms with Crippen LogP contribution < -0.4 is 16.8 Å². The largest absolute Gasteiger partial charge is 0.396 e. The van der Waals surface area contributed by atoms with Crippen LogP contribution in [-0.4, -0.2) is 17.4 Å². The van der Waals surface area contributed by atoms with Gasteiger partial charge in [0.25, 0.3) is 0 Å². The van der Waals surface area contributed by atoms with Gasteiger partial charge in [-0.05, 0) is 44.2 Å². The van der Waals surface area contributed by atoms with Gasteiger partial charge in [-0.2, -0.15) is 0 Å². The number of aromatic nitrogens is 1. The van der Waals surface area contributed by atoms with Gasteiger partial charge in [0.1, 0.15) is 0 Å². The van der Waals surface area contributed by atoms with Crippen LogP contribution in [0.4, 0.5) is 11.4 Å². The molecule has 1 fully saturated rings. The van der Waals surface area contributed by atoms with E-state index in [9.17, 15) is 4.79 Å². The minimum absolute atomic E-state index is 0.0587. The van der Waals surface area contributed by atoms with Crippen molar-refractivity contribution in [2.45, 2.75) is 25.7 Å². The third-order valence-corrected chi connectivity index (χ3v) is 3.66. The molecule has 98 valence electrons. The smallest absolute Gasteiger partial charge is 0.227 e. The van der Waals surface area contributed by atoms with Crippen LogP contribution in [0.5, 0.6) is 0 Å². The Hall–Kier alpha value is -1.62. The minimum atomic E-state index is 0.0587. The van der Waals surface area contributed by atoms with Gasteiger partial charge in [-0.15, -0.1) is 0 Å². The van der Waals surface area contributed by atoms with E-state index >= 15 is 0 Å². The SMILES string of the molecule is NCC1CCC(C(=O)Nc2ccncc2N)CC1. The summed E-state index contributed by atoms with van der Waals surface area (Å²) in [5, 5.41) is 2.88. The Morgan fingerprint density at radius 3 is 2.72 bits per heavy atom. The molecule has 0 radical (unpaired) electrons. The molecule has 1 saturated carbocycles. The monoisotopic (exact) mass is 248 g/mol. The molecule has 0 atom stereocenters. The Morgan fingerprint density at radius 2 is 2.11 bits per heavy atom. The first kappa shape index (κ1) is 12.8. The van der Waals surface area contributed by atoms with Crippen LogP contribution >= 0.6 is 0 Å². The fraction of sp³-hybridized carbons (Fsp3) is 0.538. The number of amides is 1. The van der Waals surface area contributed by atoms with Gasteiger partial charge in [-0.25, -0.2) is 0 Å². The van der Waals surface area contributed by atoms with E-state index in [1.165, 1.54) is 0 Å². The zero-order valence-corrected chi connectivity index (χ0v) is 10.4. The zero-order chi connectivity index (χ0) is 13.0. The van der Waals surface area contributed by atoms with Crippen molar-refractivity contribution in [2.75, 3.05) is 17.6 Å². The van der Waals surface area contributed by atoms with Crippen molar-refractivity contribution in [3.63, 3.8) is 0 Å². The lowest BCUT2D eigenvalue weighted by Gasteiger charge is -2.26. The van der Waals surface area contributed by atoms with E-state index in [4.69, 9.17) is 11.5 Å². The highest BCUT2D eigenvalue weighted by molar-refractivity contribution is 5.95. The molecule has 5 N–H and O–H groups in total. The minimum Gasteiger partial charge on any atom is -0.396 e. The molecule has 5 nitrogen and oxygen atoms in total. The lowest BCUT2D eigenvalue weighted by Crippen LogP contribution is -2.29. The first-order chi connectivity index (χ1) is 8.70. The number of carbonyl (C=O) groups excluding carboxylic acids is 1. The van der Waals surface area contributed by atoms with E-state index in [-0.39, 0.29) is 11.8 Å². The number of nitrogens with one attached hydrogen (secondary N) is 1. The fourth-order valence-corrected chi connectivity index (χ4v) is 2.42. The van der Waals surface area contributed by atoms with E-state index < -0.39 is 0 Å². The summed E-state index contributed by atoms with van der Waals surface area (Å²) in [6.45, 7) is 0.728. The van der Waals surface area contributed by atoms with E-state index in [2.05, 4.69) is 10.3 Å². The number of nitrogens with zero attached hydrogens (tertiary/aromatic N) is 1. The molecule has 2 rings (SSSR count). The second-order valence-electron chi connectivity index (χ2n) is 4.91. The average Bonchev–Trinajstić information content (AvgIpc) is 2.41. The Labute approximate surface area is 107 Å². The molecular weight excluding hydrogens is 228 g/mol. The number of nitrogens with two attached hydrogens (primary N) is 2. The van der Waals surface area contributed by atoms with Gasteiger partial charge in [0.2, 0.25) is 5.91 Å². The maximum Gasteiger partial charge on any atom is 0.227 e. The lowest BCUT2D eigenvalue weighted by atomic mass is 9.81. The third kappa shape index (κ3) is 2.98. The number of pyridine rings is 1. The molecule has 1 aliphatic carbocycles. The third-order valence-electron chi connectivity index (χ3n) is 3.66. The molecule has 1 aromatic rings. The molecule has 18 heavy (non-hydrogen) atoms. The highest BCUT2D eigenvalue weighted by atomic mass is 16.1. The summed E-state index contributed by atoms with van der Waals surface area (Å²) < 4.78 is 0. The fourth-order valence-electron chi connectivity index (χ4n) is 2.42.